The fourth-order valence-electron chi connectivity index (χ4n) is 2.97. The predicted octanol–water partition coefficient (Wildman–Crippen LogP) is 1.09. The molecule has 0 amide bonds. The Morgan fingerprint density at radius 2 is 1.86 bits per heavy atom. The lowest BCUT2D eigenvalue weighted by Crippen LogP contribution is -2.18. The number of carbonyl (C=O) groups is 1. The summed E-state index contributed by atoms with van der Waals surface area (Å²) in [7, 11) is 0. The lowest BCUT2D eigenvalue weighted by molar-refractivity contribution is 0.0695. The number of rotatable bonds is 2. The Labute approximate surface area is 161 Å². The van der Waals surface area contributed by atoms with Crippen molar-refractivity contribution in [3.8, 4) is 11.5 Å². The van der Waals surface area contributed by atoms with Crippen molar-refractivity contribution in [2.45, 2.75) is 13.5 Å². The number of aromatic carboxylic acids is 1. The minimum atomic E-state index is -1.23. The molecule has 5 rings (SSSR count). The molecule has 1 aliphatic rings. The number of carboxylic acids is 1. The highest BCUT2D eigenvalue weighted by atomic mass is 16.7. The van der Waals surface area contributed by atoms with Gasteiger partial charge in [0, 0.05) is 18.8 Å². The number of H-pyrrole nitrogens is 2. The minimum Gasteiger partial charge on any atom is -0.477 e. The van der Waals surface area contributed by atoms with Crippen molar-refractivity contribution < 1.29 is 19.4 Å². The molecule has 4 aromatic rings. The average Bonchev–Trinajstić information content (AvgIpc) is 3.37. The molecule has 0 unspecified atom stereocenters. The number of aryl methyl sites for hydroxylation is 1. The topological polar surface area (TPSA) is 152 Å². The number of nitrogens with zero attached hydrogens (tertiary/aromatic N) is 3. The SMILES string of the molecule is CCn1cc(C(=O)O)c(=O)c2cc3c(cc21)OCO3.O=c1[nH]cnc2nc[nH]c12. The van der Waals surface area contributed by atoms with Crippen LogP contribution >= 0.6 is 0 Å². The van der Waals surface area contributed by atoms with Gasteiger partial charge in [-0.2, -0.15) is 0 Å². The highest BCUT2D eigenvalue weighted by molar-refractivity contribution is 5.93. The van der Waals surface area contributed by atoms with Crippen LogP contribution in [-0.2, 0) is 6.54 Å². The van der Waals surface area contributed by atoms with Gasteiger partial charge in [-0.25, -0.2) is 14.8 Å². The summed E-state index contributed by atoms with van der Waals surface area (Å²) in [5.41, 5.74) is 0.564. The van der Waals surface area contributed by atoms with Gasteiger partial charge in [0.2, 0.25) is 12.2 Å². The molecule has 0 bridgehead atoms. The number of benzene rings is 1. The van der Waals surface area contributed by atoms with Crippen LogP contribution in [0.15, 0.2) is 40.6 Å². The van der Waals surface area contributed by atoms with Crippen LogP contribution in [0.1, 0.15) is 17.3 Å². The molecule has 4 heterocycles. The Bertz CT molecular complexity index is 1350. The van der Waals surface area contributed by atoms with E-state index in [2.05, 4.69) is 19.9 Å². The van der Waals surface area contributed by atoms with Crippen LogP contribution in [0, 0.1) is 0 Å². The molecular formula is C18H15N5O6. The maximum atomic E-state index is 12.1. The average molecular weight is 397 g/mol. The molecule has 0 saturated carbocycles. The summed E-state index contributed by atoms with van der Waals surface area (Å²) in [6, 6.07) is 3.24. The Morgan fingerprint density at radius 1 is 1.17 bits per heavy atom. The first-order valence-electron chi connectivity index (χ1n) is 8.56. The van der Waals surface area contributed by atoms with Gasteiger partial charge in [0.15, 0.2) is 22.7 Å². The van der Waals surface area contributed by atoms with Gasteiger partial charge in [-0.15, -0.1) is 0 Å². The van der Waals surface area contributed by atoms with Gasteiger partial charge < -0.3 is 29.1 Å². The summed E-state index contributed by atoms with van der Waals surface area (Å²) in [6.07, 6.45) is 4.12. The van der Waals surface area contributed by atoms with E-state index in [9.17, 15) is 14.4 Å². The Balaban J connectivity index is 0.000000171. The van der Waals surface area contributed by atoms with E-state index in [1.807, 2.05) is 6.92 Å². The zero-order valence-electron chi connectivity index (χ0n) is 15.1. The molecule has 3 aromatic heterocycles. The van der Waals surface area contributed by atoms with Crippen LogP contribution in [0.3, 0.4) is 0 Å². The number of aromatic nitrogens is 5. The van der Waals surface area contributed by atoms with Gasteiger partial charge in [0.05, 0.1) is 23.6 Å². The number of imidazole rings is 1. The first kappa shape index (κ1) is 18.2. The third kappa shape index (κ3) is 3.18. The number of hydrogen-bond acceptors (Lipinski definition) is 7. The van der Waals surface area contributed by atoms with E-state index >= 15 is 0 Å². The standard InChI is InChI=1S/C13H11NO5.C5H4N4O/c1-2-14-5-8(13(16)17)12(15)7-3-10-11(4-9(7)14)19-6-18-10;10-5-3-4(7-1-6-3)8-2-9-5/h3-5H,2,6H2,1H3,(H,16,17);1-2H,(H2,6,7,8,9,10). The van der Waals surface area contributed by atoms with Gasteiger partial charge in [-0.1, -0.05) is 0 Å². The van der Waals surface area contributed by atoms with E-state index in [-0.39, 0.29) is 17.9 Å². The molecule has 0 spiro atoms. The minimum absolute atomic E-state index is 0.109. The van der Waals surface area contributed by atoms with Crippen LogP contribution in [0.25, 0.3) is 22.1 Å². The van der Waals surface area contributed by atoms with Crippen LogP contribution in [0.2, 0.25) is 0 Å². The third-order valence-electron chi connectivity index (χ3n) is 4.37. The van der Waals surface area contributed by atoms with Crippen LogP contribution < -0.4 is 20.5 Å². The summed E-state index contributed by atoms with van der Waals surface area (Å²) in [6.45, 7) is 2.54. The fraction of sp³-hybridized carbons (Fsp3) is 0.167. The summed E-state index contributed by atoms with van der Waals surface area (Å²) >= 11 is 0. The van der Waals surface area contributed by atoms with Gasteiger partial charge in [0.25, 0.3) is 5.56 Å². The summed E-state index contributed by atoms with van der Waals surface area (Å²) < 4.78 is 12.2. The molecule has 148 valence electrons. The Morgan fingerprint density at radius 3 is 2.52 bits per heavy atom. The highest BCUT2D eigenvalue weighted by Gasteiger charge is 2.20. The molecule has 0 fully saturated rings. The van der Waals surface area contributed by atoms with Gasteiger partial charge >= 0.3 is 5.97 Å². The van der Waals surface area contributed by atoms with E-state index in [0.717, 1.165) is 0 Å². The number of nitrogens with one attached hydrogen (secondary N) is 2. The Kier molecular flexibility index (Phi) is 4.47. The molecule has 11 nitrogen and oxygen atoms in total. The molecule has 0 radical (unpaired) electrons. The van der Waals surface area contributed by atoms with Crippen molar-refractivity contribution >= 4 is 28.0 Å². The molecule has 0 atom stereocenters. The number of aromatic amines is 2. The van der Waals surface area contributed by atoms with E-state index < -0.39 is 11.4 Å². The molecule has 1 aromatic carbocycles. The van der Waals surface area contributed by atoms with E-state index in [1.165, 1.54) is 18.9 Å². The molecule has 3 N–H and O–H groups in total. The van der Waals surface area contributed by atoms with E-state index in [0.29, 0.717) is 40.1 Å². The number of pyridine rings is 1. The molecule has 0 aliphatic carbocycles. The summed E-state index contributed by atoms with van der Waals surface area (Å²) in [5, 5.41) is 9.39. The monoisotopic (exact) mass is 397 g/mol. The predicted molar refractivity (Wildman–Crippen MR) is 101 cm³/mol. The highest BCUT2D eigenvalue weighted by Crippen LogP contribution is 2.35. The first-order valence-corrected chi connectivity index (χ1v) is 8.56. The molecular weight excluding hydrogens is 382 g/mol. The quantitative estimate of drug-likeness (QED) is 0.454. The Hall–Kier alpha value is -4.15. The second-order valence-corrected chi connectivity index (χ2v) is 6.02. The van der Waals surface area contributed by atoms with Gasteiger partial charge in [-0.05, 0) is 13.0 Å². The second-order valence-electron chi connectivity index (χ2n) is 6.02. The smallest absolute Gasteiger partial charge is 0.341 e. The fourth-order valence-corrected chi connectivity index (χ4v) is 2.97. The van der Waals surface area contributed by atoms with Gasteiger partial charge in [0.1, 0.15) is 5.56 Å². The molecule has 11 heteroatoms. The van der Waals surface area contributed by atoms with E-state index in [1.54, 1.807) is 16.7 Å². The normalized spacial score (nSPS) is 12.0. The van der Waals surface area contributed by atoms with Crippen molar-refractivity contribution in [2.75, 3.05) is 6.79 Å². The summed E-state index contributed by atoms with van der Waals surface area (Å²) in [5.74, 6) is -0.196. The first-order chi connectivity index (χ1) is 14.0. The largest absolute Gasteiger partial charge is 0.477 e. The van der Waals surface area contributed by atoms with Crippen LogP contribution in [0.4, 0.5) is 0 Å². The number of carboxylic acid groups (broad SMARTS) is 1. The van der Waals surface area contributed by atoms with Crippen LogP contribution in [-0.4, -0.2) is 42.4 Å². The van der Waals surface area contributed by atoms with E-state index in [4.69, 9.17) is 14.6 Å². The van der Waals surface area contributed by atoms with Crippen molar-refractivity contribution in [3.63, 3.8) is 0 Å². The van der Waals surface area contributed by atoms with Crippen molar-refractivity contribution in [1.29, 1.82) is 0 Å². The third-order valence-corrected chi connectivity index (χ3v) is 4.37. The zero-order valence-corrected chi connectivity index (χ0v) is 15.1. The van der Waals surface area contributed by atoms with Crippen molar-refractivity contribution in [3.05, 3.63) is 57.1 Å². The lowest BCUT2D eigenvalue weighted by atomic mass is 10.1. The second kappa shape index (κ2) is 7.11. The summed E-state index contributed by atoms with van der Waals surface area (Å²) in [4.78, 5) is 46.8. The van der Waals surface area contributed by atoms with Crippen LogP contribution in [0.5, 0.6) is 11.5 Å². The van der Waals surface area contributed by atoms with Gasteiger partial charge in [-0.3, -0.25) is 9.59 Å². The number of ether oxygens (including phenoxy) is 2. The zero-order chi connectivity index (χ0) is 20.5. The number of hydrogen-bond donors (Lipinski definition) is 3. The molecule has 1 aliphatic heterocycles. The molecule has 0 saturated heterocycles. The van der Waals surface area contributed by atoms with Crippen molar-refractivity contribution in [1.82, 2.24) is 24.5 Å². The maximum Gasteiger partial charge on any atom is 0.341 e. The number of fused-ring (bicyclic) bond motifs is 3. The molecule has 29 heavy (non-hydrogen) atoms. The van der Waals surface area contributed by atoms with Crippen molar-refractivity contribution in [2.24, 2.45) is 0 Å². The maximum absolute atomic E-state index is 12.1. The lowest BCUT2D eigenvalue weighted by Gasteiger charge is -2.10.